The van der Waals surface area contributed by atoms with Crippen LogP contribution < -0.4 is 5.32 Å². The first kappa shape index (κ1) is 15.3. The van der Waals surface area contributed by atoms with E-state index >= 15 is 0 Å². The van der Waals surface area contributed by atoms with Crippen LogP contribution in [0.25, 0.3) is 0 Å². The minimum atomic E-state index is 0.382. The summed E-state index contributed by atoms with van der Waals surface area (Å²) in [5, 5.41) is 7.71. The molecule has 2 fully saturated rings. The molecule has 6 heteroatoms. The molecule has 0 aromatic carbocycles. The molecule has 2 saturated heterocycles. The van der Waals surface area contributed by atoms with Gasteiger partial charge in [-0.1, -0.05) is 0 Å². The van der Waals surface area contributed by atoms with Crippen molar-refractivity contribution in [3.05, 3.63) is 18.0 Å². The predicted octanol–water partition coefficient (Wildman–Crippen LogP) is 1.04. The summed E-state index contributed by atoms with van der Waals surface area (Å²) in [6, 6.07) is 0. The molecule has 2 aliphatic rings. The van der Waals surface area contributed by atoms with Gasteiger partial charge in [0.05, 0.1) is 12.8 Å². The van der Waals surface area contributed by atoms with Gasteiger partial charge in [0.1, 0.15) is 0 Å². The fourth-order valence-electron chi connectivity index (χ4n) is 3.51. The molecule has 1 spiro atoms. The molecule has 6 nitrogen and oxygen atoms in total. The van der Waals surface area contributed by atoms with Gasteiger partial charge in [-0.15, -0.1) is 0 Å². The summed E-state index contributed by atoms with van der Waals surface area (Å²) in [7, 11) is 3.83. The Labute approximate surface area is 132 Å². The lowest BCUT2D eigenvalue weighted by Gasteiger charge is -2.24. The van der Waals surface area contributed by atoms with Gasteiger partial charge in [-0.05, 0) is 31.2 Å². The third-order valence-corrected chi connectivity index (χ3v) is 4.82. The van der Waals surface area contributed by atoms with Crippen LogP contribution in [0.3, 0.4) is 0 Å². The topological polar surface area (TPSA) is 54.7 Å². The molecule has 1 atom stereocenters. The van der Waals surface area contributed by atoms with Crippen LogP contribution in [0.5, 0.6) is 0 Å². The Bertz CT molecular complexity index is 518. The summed E-state index contributed by atoms with van der Waals surface area (Å²) in [6.45, 7) is 4.95. The Balaban J connectivity index is 1.42. The number of nitrogens with one attached hydrogen (secondary N) is 1. The lowest BCUT2D eigenvalue weighted by Crippen LogP contribution is -2.41. The van der Waals surface area contributed by atoms with E-state index in [1.807, 2.05) is 25.0 Å². The van der Waals surface area contributed by atoms with Crippen LogP contribution >= 0.6 is 0 Å². The largest absolute Gasteiger partial charge is 0.381 e. The number of aromatic nitrogens is 2. The lowest BCUT2D eigenvalue weighted by atomic mass is 9.87. The fourth-order valence-corrected chi connectivity index (χ4v) is 3.51. The Morgan fingerprint density at radius 1 is 1.50 bits per heavy atom. The van der Waals surface area contributed by atoms with Crippen molar-refractivity contribution in [2.24, 2.45) is 17.5 Å². The van der Waals surface area contributed by atoms with E-state index in [0.29, 0.717) is 5.41 Å². The van der Waals surface area contributed by atoms with Gasteiger partial charge in [-0.25, -0.2) is 0 Å². The number of nitrogens with zero attached hydrogens (tertiary/aromatic N) is 4. The molecule has 3 heterocycles. The number of ether oxygens (including phenoxy) is 1. The van der Waals surface area contributed by atoms with Crippen molar-refractivity contribution in [1.29, 1.82) is 0 Å². The summed E-state index contributed by atoms with van der Waals surface area (Å²) in [4.78, 5) is 6.84. The highest BCUT2D eigenvalue weighted by Crippen LogP contribution is 2.38. The molecule has 0 saturated carbocycles. The maximum atomic E-state index is 5.60. The van der Waals surface area contributed by atoms with Gasteiger partial charge >= 0.3 is 0 Å². The van der Waals surface area contributed by atoms with Crippen molar-refractivity contribution in [2.45, 2.75) is 25.7 Å². The number of likely N-dealkylation sites (tertiary alicyclic amines) is 1. The average Bonchev–Trinajstić information content (AvgIpc) is 3.23. The van der Waals surface area contributed by atoms with Crippen LogP contribution in [0.1, 0.15) is 24.8 Å². The molecule has 0 radical (unpaired) electrons. The molecule has 1 unspecified atom stereocenters. The third kappa shape index (κ3) is 3.43. The number of rotatable bonds is 4. The SMILES string of the molecule is CN=C(NCCCc1cnn(C)c1)N1CCC2(CCOC2)C1. The van der Waals surface area contributed by atoms with Crippen LogP contribution in [0.15, 0.2) is 17.4 Å². The van der Waals surface area contributed by atoms with Gasteiger partial charge in [0.15, 0.2) is 5.96 Å². The standard InChI is InChI=1S/C16H27N5O/c1-17-15(18-7-3-4-14-10-19-20(2)11-14)21-8-5-16(12-21)6-9-22-13-16/h10-11H,3-9,12-13H2,1-2H3,(H,17,18). The molecule has 3 rings (SSSR count). The number of guanidine groups is 1. The molecule has 1 N–H and O–H groups in total. The van der Waals surface area contributed by atoms with E-state index in [4.69, 9.17) is 4.74 Å². The maximum Gasteiger partial charge on any atom is 0.193 e. The van der Waals surface area contributed by atoms with Gasteiger partial charge < -0.3 is 15.0 Å². The van der Waals surface area contributed by atoms with Gasteiger partial charge in [-0.2, -0.15) is 5.10 Å². The summed E-state index contributed by atoms with van der Waals surface area (Å²) < 4.78 is 7.45. The van der Waals surface area contributed by atoms with E-state index in [2.05, 4.69) is 26.5 Å². The normalized spacial score (nSPS) is 25.4. The second-order valence-corrected chi connectivity index (χ2v) is 6.57. The quantitative estimate of drug-likeness (QED) is 0.513. The van der Waals surface area contributed by atoms with E-state index in [1.54, 1.807) is 0 Å². The Morgan fingerprint density at radius 2 is 2.41 bits per heavy atom. The first-order chi connectivity index (χ1) is 10.7. The van der Waals surface area contributed by atoms with Gasteiger partial charge in [-0.3, -0.25) is 9.67 Å². The maximum absolute atomic E-state index is 5.60. The van der Waals surface area contributed by atoms with E-state index in [9.17, 15) is 0 Å². The van der Waals surface area contributed by atoms with Crippen molar-refractivity contribution in [2.75, 3.05) is 39.9 Å². The highest BCUT2D eigenvalue weighted by Gasteiger charge is 2.42. The number of hydrogen-bond acceptors (Lipinski definition) is 3. The van der Waals surface area contributed by atoms with E-state index in [0.717, 1.165) is 51.6 Å². The zero-order valence-electron chi connectivity index (χ0n) is 13.7. The van der Waals surface area contributed by atoms with Gasteiger partial charge in [0.25, 0.3) is 0 Å². The average molecular weight is 305 g/mol. The van der Waals surface area contributed by atoms with Crippen LogP contribution in [0, 0.1) is 5.41 Å². The molecule has 0 aliphatic carbocycles. The highest BCUT2D eigenvalue weighted by molar-refractivity contribution is 5.80. The molecule has 2 aliphatic heterocycles. The third-order valence-electron chi connectivity index (χ3n) is 4.82. The zero-order chi connectivity index (χ0) is 15.4. The minimum absolute atomic E-state index is 0.382. The van der Waals surface area contributed by atoms with E-state index in [-0.39, 0.29) is 0 Å². The van der Waals surface area contributed by atoms with Crippen molar-refractivity contribution >= 4 is 5.96 Å². The van der Waals surface area contributed by atoms with Crippen molar-refractivity contribution in [1.82, 2.24) is 20.0 Å². The summed E-state index contributed by atoms with van der Waals surface area (Å²) >= 11 is 0. The first-order valence-corrected chi connectivity index (χ1v) is 8.22. The molecule has 1 aromatic rings. The molecule has 122 valence electrons. The summed E-state index contributed by atoms with van der Waals surface area (Å²) in [5.74, 6) is 1.04. The molecule has 0 bridgehead atoms. The number of aryl methyl sites for hydroxylation is 2. The van der Waals surface area contributed by atoms with Crippen LogP contribution in [0.4, 0.5) is 0 Å². The second kappa shape index (κ2) is 6.69. The van der Waals surface area contributed by atoms with Crippen molar-refractivity contribution in [3.8, 4) is 0 Å². The zero-order valence-corrected chi connectivity index (χ0v) is 13.7. The molecule has 0 amide bonds. The smallest absolute Gasteiger partial charge is 0.193 e. The predicted molar refractivity (Wildman–Crippen MR) is 86.9 cm³/mol. The summed E-state index contributed by atoms with van der Waals surface area (Å²) in [6.07, 6.45) is 8.59. The monoisotopic (exact) mass is 305 g/mol. The van der Waals surface area contributed by atoms with Gasteiger partial charge in [0, 0.05) is 51.9 Å². The van der Waals surface area contributed by atoms with Crippen LogP contribution in [0.2, 0.25) is 0 Å². The Hall–Kier alpha value is -1.56. The van der Waals surface area contributed by atoms with E-state index < -0.39 is 0 Å². The van der Waals surface area contributed by atoms with Crippen molar-refractivity contribution < 1.29 is 4.74 Å². The lowest BCUT2D eigenvalue weighted by molar-refractivity contribution is 0.156. The number of hydrogen-bond donors (Lipinski definition) is 1. The molecule has 1 aromatic heterocycles. The highest BCUT2D eigenvalue weighted by atomic mass is 16.5. The van der Waals surface area contributed by atoms with Gasteiger partial charge in [0.2, 0.25) is 0 Å². The number of aliphatic imine (C=N–C) groups is 1. The fraction of sp³-hybridized carbons (Fsp3) is 0.750. The summed E-state index contributed by atoms with van der Waals surface area (Å²) in [5.41, 5.74) is 1.68. The second-order valence-electron chi connectivity index (χ2n) is 6.57. The van der Waals surface area contributed by atoms with Crippen LogP contribution in [-0.2, 0) is 18.2 Å². The van der Waals surface area contributed by atoms with E-state index in [1.165, 1.54) is 18.4 Å². The minimum Gasteiger partial charge on any atom is -0.381 e. The van der Waals surface area contributed by atoms with Crippen LogP contribution in [-0.4, -0.2) is 60.5 Å². The Kier molecular flexibility index (Phi) is 4.66. The molecular weight excluding hydrogens is 278 g/mol. The molecular formula is C16H27N5O. The van der Waals surface area contributed by atoms with Crippen molar-refractivity contribution in [3.63, 3.8) is 0 Å². The molecule has 22 heavy (non-hydrogen) atoms. The first-order valence-electron chi connectivity index (χ1n) is 8.22. The Morgan fingerprint density at radius 3 is 3.09 bits per heavy atom.